The molecule has 1 nitrogen and oxygen atoms in total. The molecule has 0 aromatic heterocycles. The second-order valence-electron chi connectivity index (χ2n) is 6.71. The number of hydrogen-bond acceptors (Lipinski definition) is 1. The second kappa shape index (κ2) is 6.64. The zero-order chi connectivity index (χ0) is 15.5. The first-order valence-corrected chi connectivity index (χ1v) is 8.63. The summed E-state index contributed by atoms with van der Waals surface area (Å²) in [5, 5.41) is 0. The fraction of sp³-hybridized carbons (Fsp3) is 0.476. The average molecular weight is 294 g/mol. The van der Waals surface area contributed by atoms with Crippen molar-refractivity contribution in [3.05, 3.63) is 60.8 Å². The Kier molecular flexibility index (Phi) is 4.61. The van der Waals surface area contributed by atoms with Gasteiger partial charge in [0.15, 0.2) is 5.78 Å². The van der Waals surface area contributed by atoms with Crippen LogP contribution in [0.25, 0.3) is 0 Å². The molecule has 3 rings (SSSR count). The van der Waals surface area contributed by atoms with Gasteiger partial charge in [-0.2, -0.15) is 0 Å². The number of carbonyl (C=O) groups is 1. The molecule has 2 fully saturated rings. The van der Waals surface area contributed by atoms with Gasteiger partial charge in [-0.1, -0.05) is 55.5 Å². The maximum Gasteiger partial charge on any atom is 0.163 e. The number of Topliss-reactive ketones (excluding diaryl/α,β-unsaturated/α-hetero) is 1. The molecule has 0 spiro atoms. The monoisotopic (exact) mass is 294 g/mol. The largest absolute Gasteiger partial charge is 0.294 e. The fourth-order valence-electron chi connectivity index (χ4n) is 4.62. The van der Waals surface area contributed by atoms with Crippen molar-refractivity contribution >= 4 is 5.78 Å². The van der Waals surface area contributed by atoms with E-state index < -0.39 is 0 Å². The molecule has 2 saturated carbocycles. The summed E-state index contributed by atoms with van der Waals surface area (Å²) in [7, 11) is 0. The lowest BCUT2D eigenvalue weighted by Gasteiger charge is -2.23. The van der Waals surface area contributed by atoms with Crippen LogP contribution in [0, 0.1) is 29.6 Å². The van der Waals surface area contributed by atoms with Crippen LogP contribution < -0.4 is 0 Å². The van der Waals surface area contributed by atoms with E-state index in [2.05, 4.69) is 56.0 Å². The van der Waals surface area contributed by atoms with Gasteiger partial charge in [-0.05, 0) is 54.9 Å². The minimum Gasteiger partial charge on any atom is -0.294 e. The van der Waals surface area contributed by atoms with Crippen LogP contribution in [0.3, 0.4) is 0 Å². The third-order valence-corrected chi connectivity index (χ3v) is 5.48. The van der Waals surface area contributed by atoms with E-state index in [-0.39, 0.29) is 5.92 Å². The quantitative estimate of drug-likeness (QED) is 0.495. The van der Waals surface area contributed by atoms with Gasteiger partial charge in [0.25, 0.3) is 0 Å². The first-order chi connectivity index (χ1) is 10.8. The van der Waals surface area contributed by atoms with Crippen molar-refractivity contribution in [1.82, 2.24) is 0 Å². The Morgan fingerprint density at radius 3 is 2.82 bits per heavy atom. The highest BCUT2D eigenvalue weighted by molar-refractivity contribution is 6.01. The summed E-state index contributed by atoms with van der Waals surface area (Å²) in [6.45, 7) is 6.05. The summed E-state index contributed by atoms with van der Waals surface area (Å²) in [6.07, 6.45) is 21.4. The molecule has 0 saturated heterocycles. The third-order valence-electron chi connectivity index (χ3n) is 5.48. The zero-order valence-electron chi connectivity index (χ0n) is 13.4. The molecule has 5 atom stereocenters. The summed E-state index contributed by atoms with van der Waals surface area (Å²) in [4.78, 5) is 12.8. The van der Waals surface area contributed by atoms with E-state index in [9.17, 15) is 4.79 Å². The predicted octanol–water partition coefficient (Wildman–Crippen LogP) is 5.04. The maximum atomic E-state index is 12.8. The minimum absolute atomic E-state index is 0.250. The van der Waals surface area contributed by atoms with E-state index in [0.717, 1.165) is 24.8 Å². The molecule has 22 heavy (non-hydrogen) atoms. The summed E-state index contributed by atoms with van der Waals surface area (Å²) < 4.78 is 0. The number of carbonyl (C=O) groups excluding carboxylic acids is 1. The second-order valence-corrected chi connectivity index (χ2v) is 6.71. The highest BCUT2D eigenvalue weighted by atomic mass is 16.1. The number of fused-ring (bicyclic) bond motifs is 5. The summed E-state index contributed by atoms with van der Waals surface area (Å²) >= 11 is 0. The standard InChI is InChI=1S/C21H26O/c1-3-5-6-7-8-9-11-18-17(10-4-2)19-15-12-13-16(14-15)20(19)21(18)22/h4-6,8-9,11-13,15-17,19-20H,2-3,7,10,14H2,1H3/b6-5-,9-8+,18-11+/t15-,16+,17-,19+,20+/m1/s1. The van der Waals surface area contributed by atoms with Crippen LogP contribution in [0.1, 0.15) is 32.6 Å². The Balaban J connectivity index is 1.77. The molecule has 0 amide bonds. The van der Waals surface area contributed by atoms with E-state index >= 15 is 0 Å². The molecule has 1 heteroatoms. The van der Waals surface area contributed by atoms with E-state index in [1.54, 1.807) is 0 Å². The van der Waals surface area contributed by atoms with Crippen molar-refractivity contribution in [2.45, 2.75) is 32.6 Å². The van der Waals surface area contributed by atoms with E-state index in [1.807, 2.05) is 6.08 Å². The molecule has 0 unspecified atom stereocenters. The molecular formula is C21H26O. The smallest absolute Gasteiger partial charge is 0.163 e. The van der Waals surface area contributed by atoms with E-state index in [0.29, 0.717) is 29.5 Å². The van der Waals surface area contributed by atoms with Gasteiger partial charge in [-0.15, -0.1) is 6.58 Å². The molecule has 0 radical (unpaired) electrons. The predicted molar refractivity (Wildman–Crippen MR) is 92.3 cm³/mol. The topological polar surface area (TPSA) is 17.1 Å². The maximum absolute atomic E-state index is 12.8. The molecule has 0 heterocycles. The Labute approximate surface area is 134 Å². The summed E-state index contributed by atoms with van der Waals surface area (Å²) in [6, 6.07) is 0. The fourth-order valence-corrected chi connectivity index (χ4v) is 4.62. The van der Waals surface area contributed by atoms with Crippen molar-refractivity contribution in [2.75, 3.05) is 0 Å². The molecule has 3 aliphatic carbocycles. The van der Waals surface area contributed by atoms with Crippen molar-refractivity contribution in [2.24, 2.45) is 29.6 Å². The summed E-state index contributed by atoms with van der Waals surface area (Å²) in [5.74, 6) is 2.68. The minimum atomic E-state index is 0.250. The molecule has 0 aliphatic heterocycles. The van der Waals surface area contributed by atoms with E-state index in [1.165, 1.54) is 6.42 Å². The van der Waals surface area contributed by atoms with Gasteiger partial charge < -0.3 is 0 Å². The van der Waals surface area contributed by atoms with Gasteiger partial charge in [0.05, 0.1) is 0 Å². The lowest BCUT2D eigenvalue weighted by Crippen LogP contribution is -2.21. The van der Waals surface area contributed by atoms with Crippen LogP contribution in [-0.4, -0.2) is 5.78 Å². The average Bonchev–Trinajstić information content (AvgIpc) is 3.19. The van der Waals surface area contributed by atoms with Crippen molar-refractivity contribution < 1.29 is 4.79 Å². The Bertz CT molecular complexity index is 560. The van der Waals surface area contributed by atoms with Crippen LogP contribution in [-0.2, 0) is 4.79 Å². The lowest BCUT2D eigenvalue weighted by molar-refractivity contribution is -0.119. The SMILES string of the molecule is C=CC[C@@H]1/C(=C\C=C\C/C=C\CC)C(=O)[C@@H]2[C@H]1[C@@H]1C=C[C@H]2C1. The zero-order valence-corrected chi connectivity index (χ0v) is 13.4. The number of ketones is 1. The van der Waals surface area contributed by atoms with Gasteiger partial charge in [0.2, 0.25) is 0 Å². The Morgan fingerprint density at radius 1 is 1.23 bits per heavy atom. The molecule has 0 aromatic rings. The molecule has 116 valence electrons. The molecule has 0 aromatic carbocycles. The Hall–Kier alpha value is -1.63. The lowest BCUT2D eigenvalue weighted by atomic mass is 9.79. The van der Waals surface area contributed by atoms with Crippen LogP contribution in [0.2, 0.25) is 0 Å². The van der Waals surface area contributed by atoms with Crippen LogP contribution in [0.4, 0.5) is 0 Å². The number of allylic oxidation sites excluding steroid dienone is 9. The summed E-state index contributed by atoms with van der Waals surface area (Å²) in [5.41, 5.74) is 1.05. The van der Waals surface area contributed by atoms with Crippen LogP contribution in [0.5, 0.6) is 0 Å². The van der Waals surface area contributed by atoms with Gasteiger partial charge in [0.1, 0.15) is 0 Å². The molecule has 0 N–H and O–H groups in total. The normalized spacial score (nSPS) is 38.0. The first-order valence-electron chi connectivity index (χ1n) is 8.63. The molecular weight excluding hydrogens is 268 g/mol. The van der Waals surface area contributed by atoms with E-state index in [4.69, 9.17) is 0 Å². The van der Waals surface area contributed by atoms with Crippen molar-refractivity contribution in [3.63, 3.8) is 0 Å². The third kappa shape index (κ3) is 2.58. The Morgan fingerprint density at radius 2 is 2.05 bits per heavy atom. The highest BCUT2D eigenvalue weighted by Gasteiger charge is 2.56. The first kappa shape index (κ1) is 15.3. The van der Waals surface area contributed by atoms with Gasteiger partial charge in [-0.25, -0.2) is 0 Å². The van der Waals surface area contributed by atoms with Crippen molar-refractivity contribution in [1.29, 1.82) is 0 Å². The van der Waals surface area contributed by atoms with Gasteiger partial charge >= 0.3 is 0 Å². The number of rotatable bonds is 6. The van der Waals surface area contributed by atoms with Crippen LogP contribution in [0.15, 0.2) is 60.8 Å². The molecule has 3 aliphatic rings. The molecule has 2 bridgehead atoms. The van der Waals surface area contributed by atoms with Gasteiger partial charge in [-0.3, -0.25) is 4.79 Å². The van der Waals surface area contributed by atoms with Crippen LogP contribution >= 0.6 is 0 Å². The highest BCUT2D eigenvalue weighted by Crippen LogP contribution is 2.58. The van der Waals surface area contributed by atoms with Gasteiger partial charge in [0, 0.05) is 5.92 Å². The number of hydrogen-bond donors (Lipinski definition) is 0. The van der Waals surface area contributed by atoms with Crippen molar-refractivity contribution in [3.8, 4) is 0 Å².